The zero-order chi connectivity index (χ0) is 16.3. The van der Waals surface area contributed by atoms with Crippen LogP contribution in [0.4, 0.5) is 5.69 Å². The summed E-state index contributed by atoms with van der Waals surface area (Å²) in [5.74, 6) is -0.588. The first-order chi connectivity index (χ1) is 10.4. The summed E-state index contributed by atoms with van der Waals surface area (Å²) in [5.41, 5.74) is 0.602. The lowest BCUT2D eigenvalue weighted by Gasteiger charge is -2.08. The van der Waals surface area contributed by atoms with Crippen molar-refractivity contribution in [1.82, 2.24) is 0 Å². The number of benzene rings is 2. The normalized spacial score (nSPS) is 10.3. The number of carbonyl (C=O) groups excluding carboxylic acids is 1. The molecular formula is C15H11ClN2O3S. The minimum absolute atomic E-state index is 0.164. The van der Waals surface area contributed by atoms with E-state index in [2.05, 4.69) is 11.7 Å². The number of rotatable bonds is 4. The van der Waals surface area contributed by atoms with Crippen molar-refractivity contribution in [2.24, 2.45) is 4.99 Å². The molecule has 0 aliphatic carbocycles. The van der Waals surface area contributed by atoms with Gasteiger partial charge in [0, 0.05) is 11.0 Å². The highest BCUT2D eigenvalue weighted by Crippen LogP contribution is 2.39. The number of carbonyl (C=O) groups is 1. The number of amides is 1. The Balaban J connectivity index is 2.54. The molecule has 7 heteroatoms. The van der Waals surface area contributed by atoms with Crippen molar-refractivity contribution >= 4 is 41.7 Å². The van der Waals surface area contributed by atoms with Crippen molar-refractivity contribution in [2.75, 3.05) is 0 Å². The molecule has 22 heavy (non-hydrogen) atoms. The van der Waals surface area contributed by atoms with Crippen LogP contribution in [0.15, 0.2) is 51.2 Å². The highest BCUT2D eigenvalue weighted by Gasteiger charge is 2.21. The summed E-state index contributed by atoms with van der Waals surface area (Å²) in [5, 5.41) is 11.8. The van der Waals surface area contributed by atoms with Gasteiger partial charge >= 0.3 is 0 Å². The van der Waals surface area contributed by atoms with E-state index >= 15 is 0 Å². The zero-order valence-corrected chi connectivity index (χ0v) is 13.1. The van der Waals surface area contributed by atoms with Gasteiger partial charge in [0.25, 0.3) is 11.6 Å². The molecule has 0 bridgehead atoms. The molecule has 0 N–H and O–H groups in total. The fraction of sp³-hybridized carbons (Fsp3) is 0.0667. The quantitative estimate of drug-likeness (QED) is 0.467. The summed E-state index contributed by atoms with van der Waals surface area (Å²) < 4.78 is 0. The maximum atomic E-state index is 11.7. The molecule has 0 radical (unpaired) electrons. The van der Waals surface area contributed by atoms with E-state index in [9.17, 15) is 14.9 Å². The van der Waals surface area contributed by atoms with Crippen LogP contribution in [0.1, 0.15) is 15.9 Å². The van der Waals surface area contributed by atoms with Crippen LogP contribution in [0, 0.1) is 17.0 Å². The highest BCUT2D eigenvalue weighted by atomic mass is 35.5. The van der Waals surface area contributed by atoms with E-state index in [0.29, 0.717) is 20.4 Å². The number of nitrogens with zero attached hydrogens (tertiary/aromatic N) is 2. The van der Waals surface area contributed by atoms with Gasteiger partial charge in [-0.25, -0.2) is 4.99 Å². The standard InChI is InChI=1S/C15H11ClN2O3S/c1-9-7-14(22-13-6-4-3-5-11(13)16)12(18(20)21)8-10(9)15(19)17-2/h3-8H,2H2,1H3. The topological polar surface area (TPSA) is 72.6 Å². The number of aryl methyl sites for hydroxylation is 1. The Morgan fingerprint density at radius 3 is 2.59 bits per heavy atom. The number of nitro benzene ring substituents is 1. The summed E-state index contributed by atoms with van der Waals surface area (Å²) in [6.07, 6.45) is 0. The van der Waals surface area contributed by atoms with Crippen molar-refractivity contribution in [1.29, 1.82) is 0 Å². The van der Waals surface area contributed by atoms with Crippen molar-refractivity contribution < 1.29 is 9.72 Å². The average Bonchev–Trinajstić information content (AvgIpc) is 2.48. The van der Waals surface area contributed by atoms with Crippen LogP contribution in [0.5, 0.6) is 0 Å². The van der Waals surface area contributed by atoms with E-state index in [4.69, 9.17) is 11.6 Å². The molecule has 0 aliphatic rings. The third kappa shape index (κ3) is 3.35. The number of aliphatic imine (C=N–C) groups is 1. The Kier molecular flexibility index (Phi) is 4.95. The Bertz CT molecular complexity index is 777. The molecule has 0 spiro atoms. The summed E-state index contributed by atoms with van der Waals surface area (Å²) in [4.78, 5) is 26.8. The zero-order valence-electron chi connectivity index (χ0n) is 11.6. The first kappa shape index (κ1) is 16.2. The van der Waals surface area contributed by atoms with Crippen LogP contribution < -0.4 is 0 Å². The molecule has 0 saturated heterocycles. The maximum absolute atomic E-state index is 11.7. The SMILES string of the molecule is C=NC(=O)c1cc([N+](=O)[O-])c(Sc2ccccc2Cl)cc1C. The number of hydrogen-bond donors (Lipinski definition) is 0. The molecule has 1 amide bonds. The van der Waals surface area contributed by atoms with Gasteiger partial charge in [-0.15, -0.1) is 0 Å². The lowest BCUT2D eigenvalue weighted by Crippen LogP contribution is -2.01. The predicted molar refractivity (Wildman–Crippen MR) is 87.3 cm³/mol. The van der Waals surface area contributed by atoms with Gasteiger partial charge in [-0.3, -0.25) is 14.9 Å². The molecule has 2 aromatic carbocycles. The molecule has 0 aromatic heterocycles. The predicted octanol–water partition coefficient (Wildman–Crippen LogP) is 4.55. The summed E-state index contributed by atoms with van der Waals surface area (Å²) in [7, 11) is 0. The van der Waals surface area contributed by atoms with E-state index in [-0.39, 0.29) is 11.3 Å². The van der Waals surface area contributed by atoms with Crippen LogP contribution in [0.3, 0.4) is 0 Å². The Morgan fingerprint density at radius 1 is 1.32 bits per heavy atom. The van der Waals surface area contributed by atoms with Gasteiger partial charge in [-0.2, -0.15) is 0 Å². The molecule has 112 valence electrons. The van der Waals surface area contributed by atoms with Gasteiger partial charge in [0.2, 0.25) is 0 Å². The van der Waals surface area contributed by atoms with Crippen molar-refractivity contribution in [2.45, 2.75) is 16.7 Å². The van der Waals surface area contributed by atoms with Crippen LogP contribution in [0.25, 0.3) is 0 Å². The Hall–Kier alpha value is -2.18. The smallest absolute Gasteiger partial charge is 0.267 e. The monoisotopic (exact) mass is 334 g/mol. The van der Waals surface area contributed by atoms with Crippen LogP contribution in [0.2, 0.25) is 5.02 Å². The van der Waals surface area contributed by atoms with Crippen molar-refractivity contribution in [3.8, 4) is 0 Å². The van der Waals surface area contributed by atoms with E-state index in [1.807, 2.05) is 0 Å². The number of halogens is 1. The Labute approximate surface area is 136 Å². The summed E-state index contributed by atoms with van der Waals surface area (Å²) in [6.45, 7) is 4.86. The average molecular weight is 335 g/mol. The summed E-state index contributed by atoms with van der Waals surface area (Å²) in [6, 6.07) is 9.88. The lowest BCUT2D eigenvalue weighted by atomic mass is 10.1. The van der Waals surface area contributed by atoms with Crippen LogP contribution >= 0.6 is 23.4 Å². The van der Waals surface area contributed by atoms with Gasteiger partial charge in [0.15, 0.2) is 0 Å². The van der Waals surface area contributed by atoms with Gasteiger partial charge < -0.3 is 0 Å². The second kappa shape index (κ2) is 6.72. The van der Waals surface area contributed by atoms with Crippen molar-refractivity contribution in [3.05, 3.63) is 62.7 Å². The van der Waals surface area contributed by atoms with Crippen LogP contribution in [-0.2, 0) is 0 Å². The van der Waals surface area contributed by atoms with Crippen molar-refractivity contribution in [3.63, 3.8) is 0 Å². The molecule has 0 fully saturated rings. The largest absolute Gasteiger partial charge is 0.284 e. The third-order valence-corrected chi connectivity index (χ3v) is 4.50. The molecule has 2 rings (SSSR count). The second-order valence-corrected chi connectivity index (χ2v) is 5.88. The van der Waals surface area contributed by atoms with Gasteiger partial charge in [0.1, 0.15) is 0 Å². The second-order valence-electron chi connectivity index (χ2n) is 4.39. The first-order valence-corrected chi connectivity index (χ1v) is 7.36. The van der Waals surface area contributed by atoms with E-state index < -0.39 is 10.8 Å². The van der Waals surface area contributed by atoms with Gasteiger partial charge in [-0.05, 0) is 37.4 Å². The van der Waals surface area contributed by atoms with Gasteiger partial charge in [-0.1, -0.05) is 35.5 Å². The fourth-order valence-corrected chi connectivity index (χ4v) is 3.13. The van der Waals surface area contributed by atoms with Crippen LogP contribution in [-0.4, -0.2) is 17.5 Å². The van der Waals surface area contributed by atoms with E-state index in [1.165, 1.54) is 17.8 Å². The molecular weight excluding hydrogens is 324 g/mol. The molecule has 2 aromatic rings. The fourth-order valence-electron chi connectivity index (χ4n) is 1.86. The van der Waals surface area contributed by atoms with E-state index in [0.717, 1.165) is 0 Å². The minimum Gasteiger partial charge on any atom is -0.267 e. The number of hydrogen-bond acceptors (Lipinski definition) is 4. The molecule has 0 unspecified atom stereocenters. The van der Waals surface area contributed by atoms with Gasteiger partial charge in [0.05, 0.1) is 20.4 Å². The Morgan fingerprint density at radius 2 is 2.00 bits per heavy atom. The molecule has 0 saturated carbocycles. The third-order valence-electron chi connectivity index (χ3n) is 2.93. The maximum Gasteiger partial charge on any atom is 0.284 e. The molecule has 0 atom stereocenters. The first-order valence-electron chi connectivity index (χ1n) is 6.16. The van der Waals surface area contributed by atoms with E-state index in [1.54, 1.807) is 37.3 Å². The molecule has 0 heterocycles. The summed E-state index contributed by atoms with van der Waals surface area (Å²) >= 11 is 7.26. The number of nitro groups is 1. The lowest BCUT2D eigenvalue weighted by molar-refractivity contribution is -0.387. The molecule has 5 nitrogen and oxygen atoms in total. The minimum atomic E-state index is -0.588. The highest BCUT2D eigenvalue weighted by molar-refractivity contribution is 7.99. The molecule has 0 aliphatic heterocycles.